The van der Waals surface area contributed by atoms with Gasteiger partial charge in [0, 0.05) is 6.04 Å². The third-order valence-corrected chi connectivity index (χ3v) is 3.28. The Kier molecular flexibility index (Phi) is 5.93. The van der Waals surface area contributed by atoms with E-state index in [0.29, 0.717) is 18.5 Å². The van der Waals surface area contributed by atoms with E-state index in [0.717, 1.165) is 6.42 Å². The van der Waals surface area contributed by atoms with Gasteiger partial charge in [0.25, 0.3) is 0 Å². The molecule has 1 saturated carbocycles. The van der Waals surface area contributed by atoms with E-state index in [2.05, 4.69) is 31.1 Å². The van der Waals surface area contributed by atoms with Crippen molar-refractivity contribution < 1.29 is 5.11 Å². The molecule has 1 aliphatic carbocycles. The van der Waals surface area contributed by atoms with E-state index in [9.17, 15) is 5.11 Å². The summed E-state index contributed by atoms with van der Waals surface area (Å²) in [5.41, 5.74) is 5.97. The molecule has 0 bridgehead atoms. The van der Waals surface area contributed by atoms with E-state index in [4.69, 9.17) is 5.73 Å². The summed E-state index contributed by atoms with van der Waals surface area (Å²) in [7, 11) is 0. The molecule has 1 rings (SSSR count). The summed E-state index contributed by atoms with van der Waals surface area (Å²) < 4.78 is 0. The summed E-state index contributed by atoms with van der Waals surface area (Å²) in [5, 5.41) is 13.1. The Morgan fingerprint density at radius 1 is 1.33 bits per heavy atom. The maximum atomic E-state index is 9.85. The minimum Gasteiger partial charge on any atom is -0.391 e. The van der Waals surface area contributed by atoms with Crippen molar-refractivity contribution in [2.24, 2.45) is 16.1 Å². The fraction of sp³-hybridized carbons (Fsp3) is 0.929. The number of nitrogens with two attached hydrogens (primary N) is 1. The van der Waals surface area contributed by atoms with Crippen molar-refractivity contribution in [3.8, 4) is 0 Å². The van der Waals surface area contributed by atoms with Crippen LogP contribution in [0.1, 0.15) is 59.3 Å². The first-order chi connectivity index (χ1) is 8.37. The minimum absolute atomic E-state index is 0.125. The molecule has 106 valence electrons. The van der Waals surface area contributed by atoms with Crippen LogP contribution < -0.4 is 11.1 Å². The van der Waals surface area contributed by atoms with Gasteiger partial charge in [-0.25, -0.2) is 0 Å². The van der Waals surface area contributed by atoms with Crippen LogP contribution in [0.5, 0.6) is 0 Å². The van der Waals surface area contributed by atoms with Gasteiger partial charge in [-0.2, -0.15) is 0 Å². The lowest BCUT2D eigenvalue weighted by Gasteiger charge is -2.24. The second kappa shape index (κ2) is 6.98. The standard InChI is InChI=1S/C14H29N3O/c1-14(2,3)9-12(18)10-16-13(15)17-11-7-5-4-6-8-11/h11-12,18H,4-10H2,1-3H3,(H3,15,16,17). The fourth-order valence-corrected chi connectivity index (χ4v) is 2.48. The number of aliphatic imine (C=N–C) groups is 1. The molecule has 4 N–H and O–H groups in total. The number of aliphatic hydroxyl groups is 1. The van der Waals surface area contributed by atoms with Gasteiger partial charge in [0.05, 0.1) is 12.6 Å². The van der Waals surface area contributed by atoms with Crippen molar-refractivity contribution in [2.45, 2.75) is 71.4 Å². The molecule has 0 radical (unpaired) electrons. The summed E-state index contributed by atoms with van der Waals surface area (Å²) in [5.74, 6) is 0.481. The van der Waals surface area contributed by atoms with E-state index >= 15 is 0 Å². The maximum absolute atomic E-state index is 9.85. The highest BCUT2D eigenvalue weighted by Gasteiger charge is 2.17. The van der Waals surface area contributed by atoms with Crippen LogP contribution in [0.2, 0.25) is 0 Å². The largest absolute Gasteiger partial charge is 0.391 e. The molecule has 0 spiro atoms. The zero-order valence-electron chi connectivity index (χ0n) is 12.1. The van der Waals surface area contributed by atoms with Gasteiger partial charge in [-0.3, -0.25) is 4.99 Å². The molecule has 18 heavy (non-hydrogen) atoms. The highest BCUT2D eigenvalue weighted by atomic mass is 16.3. The van der Waals surface area contributed by atoms with Gasteiger partial charge < -0.3 is 16.2 Å². The van der Waals surface area contributed by atoms with Gasteiger partial charge >= 0.3 is 0 Å². The first-order valence-electron chi connectivity index (χ1n) is 7.11. The molecule has 1 fully saturated rings. The third kappa shape index (κ3) is 6.84. The number of aliphatic hydroxyl groups excluding tert-OH is 1. The molecule has 0 amide bonds. The zero-order chi connectivity index (χ0) is 13.6. The quantitative estimate of drug-likeness (QED) is 0.531. The van der Waals surface area contributed by atoms with Crippen molar-refractivity contribution in [3.05, 3.63) is 0 Å². The van der Waals surface area contributed by atoms with Gasteiger partial charge in [-0.1, -0.05) is 40.0 Å². The summed E-state index contributed by atoms with van der Waals surface area (Å²) in [6.45, 7) is 6.74. The smallest absolute Gasteiger partial charge is 0.188 e. The average Bonchev–Trinajstić information content (AvgIpc) is 2.25. The van der Waals surface area contributed by atoms with Gasteiger partial charge in [0.1, 0.15) is 0 Å². The van der Waals surface area contributed by atoms with Crippen molar-refractivity contribution in [2.75, 3.05) is 6.54 Å². The van der Waals surface area contributed by atoms with Crippen LogP contribution in [-0.4, -0.2) is 29.8 Å². The molecule has 0 saturated heterocycles. The van der Waals surface area contributed by atoms with E-state index in [-0.39, 0.29) is 5.41 Å². The van der Waals surface area contributed by atoms with Gasteiger partial charge in [0.2, 0.25) is 0 Å². The predicted molar refractivity (Wildman–Crippen MR) is 76.6 cm³/mol. The minimum atomic E-state index is -0.406. The fourth-order valence-electron chi connectivity index (χ4n) is 2.48. The number of rotatable bonds is 4. The predicted octanol–water partition coefficient (Wildman–Crippen LogP) is 2.02. The Labute approximate surface area is 111 Å². The normalized spacial score (nSPS) is 20.8. The lowest BCUT2D eigenvalue weighted by Crippen LogP contribution is -2.41. The molecule has 4 nitrogen and oxygen atoms in total. The Morgan fingerprint density at radius 3 is 2.50 bits per heavy atom. The van der Waals surface area contributed by atoms with E-state index < -0.39 is 6.10 Å². The Hall–Kier alpha value is -0.770. The first kappa shape index (κ1) is 15.3. The van der Waals surface area contributed by atoms with Gasteiger partial charge in [0.15, 0.2) is 5.96 Å². The molecule has 0 aromatic rings. The molecule has 4 heteroatoms. The third-order valence-electron chi connectivity index (χ3n) is 3.28. The molecule has 0 aliphatic heterocycles. The summed E-state index contributed by atoms with van der Waals surface area (Å²) in [6.07, 6.45) is 6.58. The first-order valence-corrected chi connectivity index (χ1v) is 7.11. The Morgan fingerprint density at radius 2 is 1.94 bits per heavy atom. The molecule has 1 atom stereocenters. The summed E-state index contributed by atoms with van der Waals surface area (Å²) in [4.78, 5) is 4.24. The Balaban J connectivity index is 2.27. The molecular weight excluding hydrogens is 226 g/mol. The molecule has 1 aliphatic rings. The molecule has 0 aromatic carbocycles. The summed E-state index contributed by atoms with van der Waals surface area (Å²) in [6, 6.07) is 0.474. The van der Waals surface area contributed by atoms with Crippen LogP contribution in [-0.2, 0) is 0 Å². The highest BCUT2D eigenvalue weighted by Crippen LogP contribution is 2.20. The topological polar surface area (TPSA) is 70.6 Å². The van der Waals surface area contributed by atoms with E-state index in [1.54, 1.807) is 0 Å². The van der Waals surface area contributed by atoms with E-state index in [1.807, 2.05) is 0 Å². The van der Waals surface area contributed by atoms with Crippen molar-refractivity contribution in [1.82, 2.24) is 5.32 Å². The number of nitrogens with one attached hydrogen (secondary N) is 1. The van der Waals surface area contributed by atoms with Gasteiger partial charge in [-0.05, 0) is 24.7 Å². The molecular formula is C14H29N3O. The van der Waals surface area contributed by atoms with Crippen LogP contribution in [0.3, 0.4) is 0 Å². The number of hydrogen-bond donors (Lipinski definition) is 3. The van der Waals surface area contributed by atoms with Gasteiger partial charge in [-0.15, -0.1) is 0 Å². The highest BCUT2D eigenvalue weighted by molar-refractivity contribution is 5.78. The number of guanidine groups is 1. The van der Waals surface area contributed by atoms with Crippen molar-refractivity contribution >= 4 is 5.96 Å². The van der Waals surface area contributed by atoms with Crippen molar-refractivity contribution in [3.63, 3.8) is 0 Å². The zero-order valence-corrected chi connectivity index (χ0v) is 12.1. The molecule has 0 heterocycles. The van der Waals surface area contributed by atoms with E-state index in [1.165, 1.54) is 32.1 Å². The van der Waals surface area contributed by atoms with Crippen molar-refractivity contribution in [1.29, 1.82) is 0 Å². The molecule has 1 unspecified atom stereocenters. The lowest BCUT2D eigenvalue weighted by atomic mass is 9.89. The average molecular weight is 255 g/mol. The van der Waals surface area contributed by atoms with Crippen LogP contribution in [0, 0.1) is 5.41 Å². The Bertz CT molecular complexity index is 265. The van der Waals surface area contributed by atoms with Crippen LogP contribution in [0.15, 0.2) is 4.99 Å². The van der Waals surface area contributed by atoms with Crippen LogP contribution >= 0.6 is 0 Å². The number of hydrogen-bond acceptors (Lipinski definition) is 2. The molecule has 0 aromatic heterocycles. The SMILES string of the molecule is CC(C)(C)CC(O)CN=C(N)NC1CCCCC1. The van der Waals surface area contributed by atoms with Crippen LogP contribution in [0.25, 0.3) is 0 Å². The monoisotopic (exact) mass is 255 g/mol. The second-order valence-electron chi connectivity index (χ2n) is 6.62. The van der Waals surface area contributed by atoms with Crippen LogP contribution in [0.4, 0.5) is 0 Å². The maximum Gasteiger partial charge on any atom is 0.188 e. The lowest BCUT2D eigenvalue weighted by molar-refractivity contribution is 0.129. The summed E-state index contributed by atoms with van der Waals surface area (Å²) >= 11 is 0. The second-order valence-corrected chi connectivity index (χ2v) is 6.62. The number of nitrogens with zero attached hydrogens (tertiary/aromatic N) is 1.